The van der Waals surface area contributed by atoms with Gasteiger partial charge in [-0.15, -0.1) is 5.10 Å². The summed E-state index contributed by atoms with van der Waals surface area (Å²) in [5.41, 5.74) is 0. The van der Waals surface area contributed by atoms with Gasteiger partial charge in [0.15, 0.2) is 0 Å². The van der Waals surface area contributed by atoms with Crippen LogP contribution in [0.1, 0.15) is 49.6 Å². The average molecular weight is 238 g/mol. The minimum atomic E-state index is -0.240. The lowest BCUT2D eigenvalue weighted by atomic mass is 10.1. The summed E-state index contributed by atoms with van der Waals surface area (Å²) in [5.74, 6) is 0.923. The molecule has 0 bridgehead atoms. The Hall–Kier alpha value is -1.43. The lowest BCUT2D eigenvalue weighted by Gasteiger charge is -2.14. The van der Waals surface area contributed by atoms with Gasteiger partial charge >= 0.3 is 0 Å². The number of amides is 1. The van der Waals surface area contributed by atoms with Gasteiger partial charge in [0.25, 0.3) is 5.91 Å². The van der Waals surface area contributed by atoms with E-state index in [0.717, 1.165) is 12.2 Å². The lowest BCUT2D eigenvalue weighted by molar-refractivity contribution is 0.0857. The van der Waals surface area contributed by atoms with E-state index in [1.54, 1.807) is 0 Å². The van der Waals surface area contributed by atoms with Gasteiger partial charge in [-0.25, -0.2) is 4.98 Å². The maximum atomic E-state index is 11.9. The van der Waals surface area contributed by atoms with Crippen molar-refractivity contribution in [1.82, 2.24) is 20.5 Å². The molecule has 0 aromatic carbocycles. The highest BCUT2D eigenvalue weighted by atomic mass is 16.5. The van der Waals surface area contributed by atoms with Crippen molar-refractivity contribution in [2.75, 3.05) is 6.61 Å². The van der Waals surface area contributed by atoms with E-state index in [2.05, 4.69) is 20.5 Å². The van der Waals surface area contributed by atoms with Crippen LogP contribution in [0.5, 0.6) is 0 Å². The molecule has 1 aliphatic rings. The fraction of sp³-hybridized carbons (Fsp3) is 0.727. The molecule has 2 N–H and O–H groups in total. The molecular weight excluding hydrogens is 220 g/mol. The van der Waals surface area contributed by atoms with Crippen LogP contribution in [-0.4, -0.2) is 39.8 Å². The standard InChI is InChI=1S/C11H18N4O2/c1-6(2)9-13-10(15-14-9)11(16)12-8-4-5-17-7(8)3/h6-8H,4-5H2,1-3H3,(H,12,16)(H,13,14,15). The Balaban J connectivity index is 1.99. The van der Waals surface area contributed by atoms with Crippen molar-refractivity contribution in [1.29, 1.82) is 0 Å². The molecule has 17 heavy (non-hydrogen) atoms. The van der Waals surface area contributed by atoms with Gasteiger partial charge in [0.1, 0.15) is 5.82 Å². The van der Waals surface area contributed by atoms with Gasteiger partial charge in [-0.1, -0.05) is 13.8 Å². The van der Waals surface area contributed by atoms with E-state index < -0.39 is 0 Å². The molecule has 0 spiro atoms. The quantitative estimate of drug-likeness (QED) is 0.817. The summed E-state index contributed by atoms with van der Waals surface area (Å²) in [4.78, 5) is 16.0. The van der Waals surface area contributed by atoms with E-state index in [4.69, 9.17) is 4.74 Å². The summed E-state index contributed by atoms with van der Waals surface area (Å²) in [7, 11) is 0. The molecule has 1 aromatic rings. The van der Waals surface area contributed by atoms with Crippen LogP contribution in [-0.2, 0) is 4.74 Å². The molecule has 1 fully saturated rings. The number of hydrogen-bond donors (Lipinski definition) is 2. The average Bonchev–Trinajstić information content (AvgIpc) is 2.88. The van der Waals surface area contributed by atoms with Crippen molar-refractivity contribution in [2.45, 2.75) is 45.3 Å². The molecule has 2 rings (SSSR count). The van der Waals surface area contributed by atoms with Crippen molar-refractivity contribution in [3.63, 3.8) is 0 Å². The maximum absolute atomic E-state index is 11.9. The first kappa shape index (κ1) is 12.0. The smallest absolute Gasteiger partial charge is 0.291 e. The van der Waals surface area contributed by atoms with E-state index in [0.29, 0.717) is 6.61 Å². The Morgan fingerprint density at radius 3 is 2.88 bits per heavy atom. The van der Waals surface area contributed by atoms with Crippen LogP contribution >= 0.6 is 0 Å². The van der Waals surface area contributed by atoms with Crippen molar-refractivity contribution in [3.05, 3.63) is 11.6 Å². The first-order valence-electron chi connectivity index (χ1n) is 5.92. The number of aromatic amines is 1. The number of aromatic nitrogens is 3. The van der Waals surface area contributed by atoms with Crippen molar-refractivity contribution in [2.24, 2.45) is 0 Å². The Bertz CT molecular complexity index is 402. The molecule has 0 saturated carbocycles. The van der Waals surface area contributed by atoms with E-state index in [-0.39, 0.29) is 29.8 Å². The largest absolute Gasteiger partial charge is 0.376 e. The van der Waals surface area contributed by atoms with Crippen LogP contribution in [0.3, 0.4) is 0 Å². The van der Waals surface area contributed by atoms with Crippen LogP contribution < -0.4 is 5.32 Å². The third-order valence-electron chi connectivity index (χ3n) is 2.95. The van der Waals surface area contributed by atoms with Crippen LogP contribution in [0.4, 0.5) is 0 Å². The van der Waals surface area contributed by atoms with Gasteiger partial charge in [-0.2, -0.15) is 0 Å². The van der Waals surface area contributed by atoms with Crippen LogP contribution in [0.25, 0.3) is 0 Å². The third-order valence-corrected chi connectivity index (χ3v) is 2.95. The van der Waals surface area contributed by atoms with E-state index in [9.17, 15) is 4.79 Å². The maximum Gasteiger partial charge on any atom is 0.291 e. The Labute approximate surface area is 100 Å². The minimum Gasteiger partial charge on any atom is -0.376 e. The number of carbonyl (C=O) groups excluding carboxylic acids is 1. The number of H-pyrrole nitrogens is 1. The minimum absolute atomic E-state index is 0.0578. The van der Waals surface area contributed by atoms with Crippen molar-refractivity contribution < 1.29 is 9.53 Å². The van der Waals surface area contributed by atoms with Gasteiger partial charge in [0.2, 0.25) is 5.82 Å². The first-order chi connectivity index (χ1) is 8.08. The predicted octanol–water partition coefficient (Wildman–Crippen LogP) is 0.835. The Morgan fingerprint density at radius 2 is 2.35 bits per heavy atom. The summed E-state index contributed by atoms with van der Waals surface area (Å²) >= 11 is 0. The van der Waals surface area contributed by atoms with Crippen LogP contribution in [0, 0.1) is 0 Å². The normalized spacial score (nSPS) is 24.2. The molecule has 0 radical (unpaired) electrons. The fourth-order valence-corrected chi connectivity index (χ4v) is 1.79. The van der Waals surface area contributed by atoms with Crippen molar-refractivity contribution in [3.8, 4) is 0 Å². The van der Waals surface area contributed by atoms with E-state index in [1.807, 2.05) is 20.8 Å². The summed E-state index contributed by atoms with van der Waals surface area (Å²) in [5, 5.41) is 9.57. The molecule has 2 atom stereocenters. The summed E-state index contributed by atoms with van der Waals surface area (Å²) in [6.07, 6.45) is 0.899. The Morgan fingerprint density at radius 1 is 1.59 bits per heavy atom. The van der Waals surface area contributed by atoms with Gasteiger partial charge in [0.05, 0.1) is 12.1 Å². The number of ether oxygens (including phenoxy) is 1. The van der Waals surface area contributed by atoms with E-state index in [1.165, 1.54) is 0 Å². The number of hydrogen-bond acceptors (Lipinski definition) is 4. The molecule has 2 unspecified atom stereocenters. The van der Waals surface area contributed by atoms with Gasteiger partial charge in [-0.05, 0) is 13.3 Å². The molecule has 6 heteroatoms. The monoisotopic (exact) mass is 238 g/mol. The summed E-state index contributed by atoms with van der Waals surface area (Å²) in [6.45, 7) is 6.64. The molecule has 1 saturated heterocycles. The molecule has 0 aliphatic carbocycles. The third kappa shape index (κ3) is 2.63. The molecule has 1 aliphatic heterocycles. The Kier molecular flexibility index (Phi) is 3.42. The molecular formula is C11H18N4O2. The molecule has 2 heterocycles. The highest BCUT2D eigenvalue weighted by Crippen LogP contribution is 2.13. The molecule has 6 nitrogen and oxygen atoms in total. The number of rotatable bonds is 3. The molecule has 1 aromatic heterocycles. The van der Waals surface area contributed by atoms with Gasteiger partial charge in [0, 0.05) is 12.5 Å². The lowest BCUT2D eigenvalue weighted by Crippen LogP contribution is -2.39. The summed E-state index contributed by atoms with van der Waals surface area (Å²) < 4.78 is 5.38. The predicted molar refractivity (Wildman–Crippen MR) is 61.8 cm³/mol. The highest BCUT2D eigenvalue weighted by Gasteiger charge is 2.27. The number of carbonyl (C=O) groups is 1. The molecule has 94 valence electrons. The van der Waals surface area contributed by atoms with E-state index >= 15 is 0 Å². The number of nitrogens with zero attached hydrogens (tertiary/aromatic N) is 2. The highest BCUT2D eigenvalue weighted by molar-refractivity contribution is 5.90. The summed E-state index contributed by atoms with van der Waals surface area (Å²) in [6, 6.07) is 0.0588. The van der Waals surface area contributed by atoms with Crippen LogP contribution in [0.15, 0.2) is 0 Å². The second kappa shape index (κ2) is 4.83. The number of nitrogens with one attached hydrogen (secondary N) is 2. The zero-order chi connectivity index (χ0) is 12.4. The van der Waals surface area contributed by atoms with Crippen molar-refractivity contribution >= 4 is 5.91 Å². The topological polar surface area (TPSA) is 79.9 Å². The fourth-order valence-electron chi connectivity index (χ4n) is 1.79. The van der Waals surface area contributed by atoms with Crippen LogP contribution in [0.2, 0.25) is 0 Å². The van der Waals surface area contributed by atoms with Gasteiger partial charge in [-0.3, -0.25) is 9.89 Å². The zero-order valence-corrected chi connectivity index (χ0v) is 10.4. The molecule has 1 amide bonds. The zero-order valence-electron chi connectivity index (χ0n) is 10.4. The second-order valence-corrected chi connectivity index (χ2v) is 4.64. The second-order valence-electron chi connectivity index (χ2n) is 4.64. The first-order valence-corrected chi connectivity index (χ1v) is 5.92. The van der Waals surface area contributed by atoms with Gasteiger partial charge < -0.3 is 10.1 Å². The SMILES string of the molecule is CC(C)c1nc(C(=O)NC2CCOC2C)n[nH]1.